The molecule has 4 nitrogen and oxygen atoms in total. The van der Waals surface area contributed by atoms with E-state index in [-0.39, 0.29) is 11.8 Å². The maximum atomic E-state index is 11.9. The molecule has 80 valence electrons. The molecule has 1 atom stereocenters. The van der Waals surface area contributed by atoms with Crippen LogP contribution in [0.2, 0.25) is 0 Å². The molecule has 0 saturated carbocycles. The monoisotopic (exact) mass is 205 g/mol. The van der Waals surface area contributed by atoms with Crippen molar-refractivity contribution in [2.45, 2.75) is 19.9 Å². The van der Waals surface area contributed by atoms with E-state index in [4.69, 9.17) is 0 Å². The maximum Gasteiger partial charge on any atom is 0.230 e. The predicted molar refractivity (Wildman–Crippen MR) is 59.5 cm³/mol. The van der Waals surface area contributed by atoms with Crippen LogP contribution >= 0.6 is 0 Å². The minimum absolute atomic E-state index is 0.0730. The average molecular weight is 205 g/mol. The van der Waals surface area contributed by atoms with E-state index in [9.17, 15) is 4.79 Å². The lowest BCUT2D eigenvalue weighted by Gasteiger charge is -2.16. The number of amides is 1. The Hall–Kier alpha value is -1.58. The number of carbonyl (C=O) groups excluding carboxylic acids is 1. The van der Waals surface area contributed by atoms with Gasteiger partial charge in [-0.15, -0.1) is 0 Å². The van der Waals surface area contributed by atoms with E-state index in [1.165, 1.54) is 0 Å². The predicted octanol–water partition coefficient (Wildman–Crippen LogP) is 1.53. The first kappa shape index (κ1) is 9.96. The Labute approximate surface area is 89.2 Å². The Bertz CT molecular complexity index is 408. The summed E-state index contributed by atoms with van der Waals surface area (Å²) >= 11 is 0. The highest BCUT2D eigenvalue weighted by molar-refractivity contribution is 5.94. The molecule has 1 aliphatic heterocycles. The number of fused-ring (bicyclic) bond motifs is 1. The number of aromatic nitrogens is 2. The Balaban J connectivity index is 2.44. The van der Waals surface area contributed by atoms with Crippen LogP contribution in [0.15, 0.2) is 12.6 Å². The van der Waals surface area contributed by atoms with Gasteiger partial charge in [-0.3, -0.25) is 9.69 Å². The van der Waals surface area contributed by atoms with Crippen molar-refractivity contribution in [3.8, 4) is 0 Å². The Morgan fingerprint density at radius 2 is 2.40 bits per heavy atom. The van der Waals surface area contributed by atoms with Crippen molar-refractivity contribution in [2.75, 3.05) is 11.9 Å². The smallest absolute Gasteiger partial charge is 0.230 e. The van der Waals surface area contributed by atoms with Crippen LogP contribution in [-0.4, -0.2) is 22.7 Å². The molecule has 0 radical (unpaired) electrons. The summed E-state index contributed by atoms with van der Waals surface area (Å²) in [6.45, 7) is 6.43. The second-order valence-corrected chi connectivity index (χ2v) is 3.94. The summed E-state index contributed by atoms with van der Waals surface area (Å²) in [5, 5.41) is 4.35. The third-order valence-electron chi connectivity index (χ3n) is 2.86. The van der Waals surface area contributed by atoms with Gasteiger partial charge in [0.2, 0.25) is 5.91 Å². The van der Waals surface area contributed by atoms with E-state index in [1.54, 1.807) is 18.0 Å². The zero-order valence-corrected chi connectivity index (χ0v) is 9.10. The molecule has 0 aromatic carbocycles. The first-order chi connectivity index (χ1) is 7.13. The largest absolute Gasteiger partial charge is 0.300 e. The molecule has 0 saturated heterocycles. The Kier molecular flexibility index (Phi) is 2.34. The molecule has 0 aliphatic carbocycles. The molecule has 0 fully saturated rings. The van der Waals surface area contributed by atoms with Crippen LogP contribution in [0.1, 0.15) is 19.0 Å². The van der Waals surface area contributed by atoms with E-state index in [1.807, 2.05) is 17.7 Å². The second-order valence-electron chi connectivity index (χ2n) is 3.94. The van der Waals surface area contributed by atoms with Crippen molar-refractivity contribution < 1.29 is 4.79 Å². The fraction of sp³-hybridized carbons (Fsp3) is 0.455. The van der Waals surface area contributed by atoms with Gasteiger partial charge < -0.3 is 0 Å². The number of anilines is 1. The molecule has 1 aromatic rings. The van der Waals surface area contributed by atoms with E-state index >= 15 is 0 Å². The zero-order chi connectivity index (χ0) is 11.0. The summed E-state index contributed by atoms with van der Waals surface area (Å²) in [5.41, 5.74) is 0.819. The first-order valence-electron chi connectivity index (χ1n) is 5.11. The molecular formula is C11H15N3O. The van der Waals surface area contributed by atoms with Crippen molar-refractivity contribution in [3.05, 3.63) is 18.3 Å². The summed E-state index contributed by atoms with van der Waals surface area (Å²) in [7, 11) is 1.80. The van der Waals surface area contributed by atoms with Crippen LogP contribution in [0, 0.1) is 5.92 Å². The van der Waals surface area contributed by atoms with Crippen LogP contribution in [0.4, 0.5) is 5.82 Å². The molecule has 2 heterocycles. The summed E-state index contributed by atoms with van der Waals surface area (Å²) in [6, 6.07) is 1.89. The summed E-state index contributed by atoms with van der Waals surface area (Å²) in [4.78, 5) is 13.5. The molecule has 4 heteroatoms. The Morgan fingerprint density at radius 1 is 1.67 bits per heavy atom. The number of hydrogen-bond donors (Lipinski definition) is 0. The SMILES string of the molecule is C=Cc1cc2n(n1)CCC(C)C(=O)N2C. The lowest BCUT2D eigenvalue weighted by Crippen LogP contribution is -2.30. The van der Waals surface area contributed by atoms with Crippen LogP contribution in [0.3, 0.4) is 0 Å². The van der Waals surface area contributed by atoms with Gasteiger partial charge >= 0.3 is 0 Å². The lowest BCUT2D eigenvalue weighted by atomic mass is 10.1. The van der Waals surface area contributed by atoms with Gasteiger partial charge in [-0.05, 0) is 12.5 Å². The number of nitrogens with zero attached hydrogens (tertiary/aromatic N) is 3. The van der Waals surface area contributed by atoms with Gasteiger partial charge in [0.1, 0.15) is 5.82 Å². The normalized spacial score (nSPS) is 21.1. The minimum Gasteiger partial charge on any atom is -0.300 e. The van der Waals surface area contributed by atoms with Crippen LogP contribution in [-0.2, 0) is 11.3 Å². The number of aryl methyl sites for hydroxylation is 1. The van der Waals surface area contributed by atoms with E-state index in [0.717, 1.165) is 24.5 Å². The fourth-order valence-electron chi connectivity index (χ4n) is 1.84. The third kappa shape index (κ3) is 1.56. The van der Waals surface area contributed by atoms with E-state index in [2.05, 4.69) is 11.7 Å². The van der Waals surface area contributed by atoms with Gasteiger partial charge in [0.25, 0.3) is 0 Å². The minimum atomic E-state index is 0.0730. The van der Waals surface area contributed by atoms with Gasteiger partial charge in [0.05, 0.1) is 5.69 Å². The topological polar surface area (TPSA) is 38.1 Å². The lowest BCUT2D eigenvalue weighted by molar-refractivity contribution is -0.121. The van der Waals surface area contributed by atoms with Gasteiger partial charge in [0.15, 0.2) is 0 Å². The van der Waals surface area contributed by atoms with Gasteiger partial charge in [-0.25, -0.2) is 4.68 Å². The molecule has 1 aliphatic rings. The summed E-state index contributed by atoms with van der Waals surface area (Å²) in [5.74, 6) is 1.09. The molecule has 15 heavy (non-hydrogen) atoms. The van der Waals surface area contributed by atoms with Crippen molar-refractivity contribution in [3.63, 3.8) is 0 Å². The van der Waals surface area contributed by atoms with Gasteiger partial charge in [0, 0.05) is 25.6 Å². The molecule has 1 unspecified atom stereocenters. The first-order valence-corrected chi connectivity index (χ1v) is 5.11. The van der Waals surface area contributed by atoms with E-state index in [0.29, 0.717) is 0 Å². The highest BCUT2D eigenvalue weighted by Crippen LogP contribution is 2.23. The van der Waals surface area contributed by atoms with Crippen molar-refractivity contribution in [2.24, 2.45) is 5.92 Å². The molecule has 0 N–H and O–H groups in total. The van der Waals surface area contributed by atoms with Crippen molar-refractivity contribution in [1.29, 1.82) is 0 Å². The summed E-state index contributed by atoms with van der Waals surface area (Å²) in [6.07, 6.45) is 2.54. The molecule has 2 rings (SSSR count). The highest BCUT2D eigenvalue weighted by atomic mass is 16.2. The van der Waals surface area contributed by atoms with Crippen molar-refractivity contribution >= 4 is 17.8 Å². The average Bonchev–Trinajstić information content (AvgIpc) is 2.63. The number of rotatable bonds is 1. The molecule has 0 spiro atoms. The van der Waals surface area contributed by atoms with Crippen molar-refractivity contribution in [1.82, 2.24) is 9.78 Å². The van der Waals surface area contributed by atoms with Gasteiger partial charge in [-0.1, -0.05) is 13.5 Å². The Morgan fingerprint density at radius 3 is 3.07 bits per heavy atom. The standard InChI is InChI=1S/C11H15N3O/c1-4-9-7-10-13(3)11(15)8(2)5-6-14(10)12-9/h4,7-8H,1,5-6H2,2-3H3. The van der Waals surface area contributed by atoms with Gasteiger partial charge in [-0.2, -0.15) is 5.10 Å². The second kappa shape index (κ2) is 3.53. The number of carbonyl (C=O) groups is 1. The van der Waals surface area contributed by atoms with E-state index < -0.39 is 0 Å². The molecular weight excluding hydrogens is 190 g/mol. The highest BCUT2D eigenvalue weighted by Gasteiger charge is 2.25. The van der Waals surface area contributed by atoms with Crippen LogP contribution in [0.5, 0.6) is 0 Å². The zero-order valence-electron chi connectivity index (χ0n) is 9.10. The number of hydrogen-bond acceptors (Lipinski definition) is 2. The molecule has 0 bridgehead atoms. The maximum absolute atomic E-state index is 11.9. The molecule has 1 aromatic heterocycles. The van der Waals surface area contributed by atoms with Crippen LogP contribution < -0.4 is 4.90 Å². The van der Waals surface area contributed by atoms with Crippen LogP contribution in [0.25, 0.3) is 6.08 Å². The quantitative estimate of drug-likeness (QED) is 0.697. The molecule has 1 amide bonds. The fourth-order valence-corrected chi connectivity index (χ4v) is 1.84. The third-order valence-corrected chi connectivity index (χ3v) is 2.86. The summed E-state index contributed by atoms with van der Waals surface area (Å²) < 4.78 is 1.87.